The molecular formula is C13H13N9O. The van der Waals surface area contributed by atoms with Gasteiger partial charge in [0.05, 0.1) is 6.04 Å². The number of nitrogens with zero attached hydrogens (tertiary/aromatic N) is 8. The first kappa shape index (κ1) is 13.5. The Bertz CT molecular complexity index is 822. The number of benzene rings is 1. The molecule has 116 valence electrons. The predicted molar refractivity (Wildman–Crippen MR) is 78.0 cm³/mol. The van der Waals surface area contributed by atoms with Gasteiger partial charge < -0.3 is 5.32 Å². The third-order valence-corrected chi connectivity index (χ3v) is 3.49. The maximum Gasteiger partial charge on any atom is 0.246 e. The Morgan fingerprint density at radius 2 is 2.17 bits per heavy atom. The predicted octanol–water partition coefficient (Wildman–Crippen LogP) is 0.300. The van der Waals surface area contributed by atoms with E-state index in [9.17, 15) is 4.79 Å². The quantitative estimate of drug-likeness (QED) is 0.720. The SMILES string of the molecule is O=C(Cn1cnnn1)Nc1cccc(-c2nnnn2C2CC2)c1. The van der Waals surface area contributed by atoms with Gasteiger partial charge in [0.2, 0.25) is 5.91 Å². The van der Waals surface area contributed by atoms with Crippen LogP contribution in [0.15, 0.2) is 30.6 Å². The van der Waals surface area contributed by atoms with Crippen molar-refractivity contribution in [1.29, 1.82) is 0 Å². The van der Waals surface area contributed by atoms with Crippen molar-refractivity contribution in [2.45, 2.75) is 25.4 Å². The smallest absolute Gasteiger partial charge is 0.246 e. The van der Waals surface area contributed by atoms with Crippen molar-refractivity contribution < 1.29 is 4.79 Å². The van der Waals surface area contributed by atoms with Crippen LogP contribution in [0, 0.1) is 0 Å². The summed E-state index contributed by atoms with van der Waals surface area (Å²) in [6.45, 7) is 0.0526. The zero-order valence-electron chi connectivity index (χ0n) is 12.1. The van der Waals surface area contributed by atoms with Crippen LogP contribution in [-0.4, -0.2) is 46.3 Å². The fourth-order valence-corrected chi connectivity index (χ4v) is 2.29. The molecule has 1 fully saturated rings. The van der Waals surface area contributed by atoms with Crippen LogP contribution in [0.3, 0.4) is 0 Å². The van der Waals surface area contributed by atoms with E-state index in [4.69, 9.17) is 0 Å². The van der Waals surface area contributed by atoms with Gasteiger partial charge in [0.1, 0.15) is 12.9 Å². The topological polar surface area (TPSA) is 116 Å². The molecule has 0 radical (unpaired) electrons. The van der Waals surface area contributed by atoms with Gasteiger partial charge >= 0.3 is 0 Å². The normalized spacial score (nSPS) is 13.9. The zero-order valence-corrected chi connectivity index (χ0v) is 12.1. The molecule has 10 nitrogen and oxygen atoms in total. The lowest BCUT2D eigenvalue weighted by Gasteiger charge is -2.07. The summed E-state index contributed by atoms with van der Waals surface area (Å²) in [4.78, 5) is 12.0. The highest BCUT2D eigenvalue weighted by atomic mass is 16.2. The Morgan fingerprint density at radius 1 is 1.26 bits per heavy atom. The maximum atomic E-state index is 12.0. The number of carbonyl (C=O) groups excluding carboxylic acids is 1. The van der Waals surface area contributed by atoms with E-state index in [2.05, 4.69) is 36.4 Å². The van der Waals surface area contributed by atoms with Crippen molar-refractivity contribution in [2.75, 3.05) is 5.32 Å². The second-order valence-electron chi connectivity index (χ2n) is 5.31. The summed E-state index contributed by atoms with van der Waals surface area (Å²) < 4.78 is 3.19. The average Bonchev–Trinajstić information content (AvgIpc) is 3.06. The second kappa shape index (κ2) is 5.55. The monoisotopic (exact) mass is 311 g/mol. The van der Waals surface area contributed by atoms with E-state index < -0.39 is 0 Å². The molecule has 3 aromatic rings. The summed E-state index contributed by atoms with van der Waals surface area (Å²) in [6.07, 6.45) is 3.58. The summed E-state index contributed by atoms with van der Waals surface area (Å²) in [7, 11) is 0. The molecule has 0 unspecified atom stereocenters. The zero-order chi connectivity index (χ0) is 15.6. The maximum absolute atomic E-state index is 12.0. The Morgan fingerprint density at radius 3 is 2.96 bits per heavy atom. The number of hydrogen-bond acceptors (Lipinski definition) is 7. The minimum Gasteiger partial charge on any atom is -0.324 e. The van der Waals surface area contributed by atoms with Crippen molar-refractivity contribution in [2.24, 2.45) is 0 Å². The first-order chi connectivity index (χ1) is 11.3. The molecule has 0 aliphatic heterocycles. The van der Waals surface area contributed by atoms with Crippen molar-refractivity contribution in [3.05, 3.63) is 30.6 Å². The number of carbonyl (C=O) groups is 1. The van der Waals surface area contributed by atoms with Gasteiger partial charge in [-0.05, 0) is 45.8 Å². The minimum atomic E-state index is -0.212. The molecule has 0 saturated heterocycles. The number of nitrogens with one attached hydrogen (secondary N) is 1. The lowest BCUT2D eigenvalue weighted by molar-refractivity contribution is -0.116. The number of tetrazole rings is 2. The minimum absolute atomic E-state index is 0.0526. The van der Waals surface area contributed by atoms with E-state index in [1.54, 1.807) is 0 Å². The van der Waals surface area contributed by atoms with E-state index in [-0.39, 0.29) is 12.5 Å². The van der Waals surface area contributed by atoms with Crippen LogP contribution in [0.2, 0.25) is 0 Å². The molecule has 0 bridgehead atoms. The standard InChI is InChI=1S/C13H13N9O/c23-12(7-21-8-14-17-19-21)15-10-3-1-2-9(6-10)13-16-18-20-22(13)11-4-5-11/h1-3,6,8,11H,4-5,7H2,(H,15,23). The van der Waals surface area contributed by atoms with Crippen molar-refractivity contribution in [1.82, 2.24) is 40.4 Å². The molecule has 4 rings (SSSR count). The van der Waals surface area contributed by atoms with Gasteiger partial charge in [0.25, 0.3) is 0 Å². The summed E-state index contributed by atoms with van der Waals surface area (Å²) in [5.41, 5.74) is 1.54. The van der Waals surface area contributed by atoms with E-state index in [0.29, 0.717) is 17.6 Å². The van der Waals surface area contributed by atoms with Crippen molar-refractivity contribution >= 4 is 11.6 Å². The second-order valence-corrected chi connectivity index (χ2v) is 5.31. The molecule has 1 amide bonds. The first-order valence-corrected chi connectivity index (χ1v) is 7.18. The van der Waals surface area contributed by atoms with Gasteiger partial charge in [0, 0.05) is 11.3 Å². The Kier molecular flexibility index (Phi) is 3.26. The number of aromatic nitrogens is 8. The number of anilines is 1. The molecule has 1 N–H and O–H groups in total. The molecule has 0 atom stereocenters. The molecular weight excluding hydrogens is 298 g/mol. The molecule has 1 aliphatic carbocycles. The third kappa shape index (κ3) is 2.91. The number of rotatable bonds is 5. The summed E-state index contributed by atoms with van der Waals surface area (Å²) in [5, 5.41) is 25.3. The molecule has 0 spiro atoms. The van der Waals surface area contributed by atoms with Crippen molar-refractivity contribution in [3.8, 4) is 11.4 Å². The highest BCUT2D eigenvalue weighted by molar-refractivity contribution is 5.91. The van der Waals surface area contributed by atoms with Crippen LogP contribution in [0.5, 0.6) is 0 Å². The Hall–Kier alpha value is -3.17. The van der Waals surface area contributed by atoms with Crippen LogP contribution in [-0.2, 0) is 11.3 Å². The number of amides is 1. The van der Waals surface area contributed by atoms with E-state index in [1.165, 1.54) is 11.0 Å². The van der Waals surface area contributed by atoms with Crippen LogP contribution in [0.4, 0.5) is 5.69 Å². The van der Waals surface area contributed by atoms with Gasteiger partial charge in [-0.3, -0.25) is 4.79 Å². The lowest BCUT2D eigenvalue weighted by atomic mass is 10.2. The van der Waals surface area contributed by atoms with Gasteiger partial charge in [-0.2, -0.15) is 0 Å². The molecule has 1 aliphatic rings. The van der Waals surface area contributed by atoms with E-state index >= 15 is 0 Å². The molecule has 1 saturated carbocycles. The summed E-state index contributed by atoms with van der Waals surface area (Å²) >= 11 is 0. The van der Waals surface area contributed by atoms with E-state index in [0.717, 1.165) is 18.4 Å². The summed E-state index contributed by atoms with van der Waals surface area (Å²) in [6, 6.07) is 7.82. The molecule has 1 aromatic carbocycles. The average molecular weight is 311 g/mol. The van der Waals surface area contributed by atoms with E-state index in [1.807, 2.05) is 28.9 Å². The Labute approximate surface area is 130 Å². The third-order valence-electron chi connectivity index (χ3n) is 3.49. The first-order valence-electron chi connectivity index (χ1n) is 7.18. The Balaban J connectivity index is 1.52. The fourth-order valence-electron chi connectivity index (χ4n) is 2.29. The molecule has 10 heteroatoms. The summed E-state index contributed by atoms with van der Waals surface area (Å²) in [5.74, 6) is 0.500. The highest BCUT2D eigenvalue weighted by Crippen LogP contribution is 2.36. The van der Waals surface area contributed by atoms with Crippen LogP contribution in [0.25, 0.3) is 11.4 Å². The molecule has 2 aromatic heterocycles. The van der Waals surface area contributed by atoms with Crippen LogP contribution < -0.4 is 5.32 Å². The molecule has 23 heavy (non-hydrogen) atoms. The lowest BCUT2D eigenvalue weighted by Crippen LogP contribution is -2.19. The molecule has 2 heterocycles. The van der Waals surface area contributed by atoms with Gasteiger partial charge in [-0.15, -0.1) is 10.2 Å². The van der Waals surface area contributed by atoms with Crippen molar-refractivity contribution in [3.63, 3.8) is 0 Å². The van der Waals surface area contributed by atoms with Gasteiger partial charge in [0.15, 0.2) is 5.82 Å². The van der Waals surface area contributed by atoms with Gasteiger partial charge in [-0.25, -0.2) is 9.36 Å². The van der Waals surface area contributed by atoms with Gasteiger partial charge in [-0.1, -0.05) is 12.1 Å². The fraction of sp³-hybridized carbons (Fsp3) is 0.308. The highest BCUT2D eigenvalue weighted by Gasteiger charge is 2.28. The van der Waals surface area contributed by atoms with Crippen LogP contribution >= 0.6 is 0 Å². The number of hydrogen-bond donors (Lipinski definition) is 1. The van der Waals surface area contributed by atoms with Crippen LogP contribution in [0.1, 0.15) is 18.9 Å². The largest absolute Gasteiger partial charge is 0.324 e.